The molecular weight excluding hydrogens is 334 g/mol. The van der Waals surface area contributed by atoms with Gasteiger partial charge in [-0.1, -0.05) is 5.16 Å². The molecule has 0 radical (unpaired) electrons. The molecule has 3 aromatic rings. The Balaban J connectivity index is 1.56. The number of aliphatic hydroxyl groups is 1. The van der Waals surface area contributed by atoms with E-state index in [1.54, 1.807) is 0 Å². The third kappa shape index (κ3) is 3.17. The maximum atomic E-state index is 9.53. The quantitative estimate of drug-likeness (QED) is 0.740. The summed E-state index contributed by atoms with van der Waals surface area (Å²) >= 11 is 0. The summed E-state index contributed by atoms with van der Waals surface area (Å²) in [4.78, 5) is 13.2. The zero-order chi connectivity index (χ0) is 18.1. The molecule has 26 heavy (non-hydrogen) atoms. The number of furan rings is 1. The van der Waals surface area contributed by atoms with Crippen LogP contribution >= 0.6 is 0 Å². The largest absolute Gasteiger partial charge is 0.465 e. The molecule has 1 atom stereocenters. The molecule has 0 aromatic carbocycles. The molecule has 0 unspecified atom stereocenters. The summed E-state index contributed by atoms with van der Waals surface area (Å²) in [6.07, 6.45) is 2.22. The van der Waals surface area contributed by atoms with Crippen LogP contribution in [0.5, 0.6) is 0 Å². The third-order valence-electron chi connectivity index (χ3n) is 4.94. The summed E-state index contributed by atoms with van der Waals surface area (Å²) in [5.41, 5.74) is 1.31. The van der Waals surface area contributed by atoms with Crippen LogP contribution in [0, 0.1) is 13.8 Å². The molecule has 1 saturated heterocycles. The van der Waals surface area contributed by atoms with Gasteiger partial charge in [0.1, 0.15) is 29.1 Å². The molecule has 1 aliphatic rings. The molecule has 0 saturated carbocycles. The number of piperazine rings is 1. The Morgan fingerprint density at radius 3 is 2.88 bits per heavy atom. The van der Waals surface area contributed by atoms with Crippen molar-refractivity contribution in [3.63, 3.8) is 0 Å². The molecule has 8 nitrogen and oxygen atoms in total. The van der Waals surface area contributed by atoms with Crippen LogP contribution in [0.2, 0.25) is 0 Å². The van der Waals surface area contributed by atoms with Gasteiger partial charge in [-0.05, 0) is 32.4 Å². The lowest BCUT2D eigenvalue weighted by Crippen LogP contribution is -2.53. The monoisotopic (exact) mass is 357 g/mol. The van der Waals surface area contributed by atoms with E-state index in [1.165, 1.54) is 6.33 Å². The fourth-order valence-electron chi connectivity index (χ4n) is 3.63. The normalized spacial score (nSPS) is 18.7. The van der Waals surface area contributed by atoms with Gasteiger partial charge in [0, 0.05) is 32.3 Å². The number of hydrogen-bond donors (Lipinski definition) is 1. The standard InChI is InChI=1S/C18H23N5O3/c1-12-3-4-15(25-12)10-22-6-7-23(9-14(22)5-8-24)17-16-13(2)21-26-18(16)20-11-19-17/h3-4,11,14,24H,5-10H2,1-2H3/t14-/m1/s1. The maximum Gasteiger partial charge on any atom is 0.263 e. The Hall–Kier alpha value is -2.45. The Bertz CT molecular complexity index is 890. The van der Waals surface area contributed by atoms with Crippen molar-refractivity contribution in [2.45, 2.75) is 32.9 Å². The van der Waals surface area contributed by atoms with Crippen LogP contribution in [0.25, 0.3) is 11.1 Å². The van der Waals surface area contributed by atoms with Crippen LogP contribution in [0.15, 0.2) is 27.4 Å². The lowest BCUT2D eigenvalue weighted by Gasteiger charge is -2.41. The van der Waals surface area contributed by atoms with E-state index in [1.807, 2.05) is 26.0 Å². The van der Waals surface area contributed by atoms with Gasteiger partial charge in [-0.3, -0.25) is 4.90 Å². The first-order chi connectivity index (χ1) is 12.7. The second kappa shape index (κ2) is 7.05. The van der Waals surface area contributed by atoms with Crippen molar-refractivity contribution in [2.75, 3.05) is 31.1 Å². The van der Waals surface area contributed by atoms with Gasteiger partial charge in [-0.25, -0.2) is 4.98 Å². The Labute approximate surface area is 151 Å². The van der Waals surface area contributed by atoms with E-state index in [0.717, 1.165) is 54.6 Å². The summed E-state index contributed by atoms with van der Waals surface area (Å²) in [7, 11) is 0. The van der Waals surface area contributed by atoms with Crippen LogP contribution in [-0.4, -0.2) is 57.4 Å². The fraction of sp³-hybridized carbons (Fsp3) is 0.500. The number of aryl methyl sites for hydroxylation is 2. The van der Waals surface area contributed by atoms with Gasteiger partial charge in [0.15, 0.2) is 0 Å². The number of nitrogens with zero attached hydrogens (tertiary/aromatic N) is 5. The zero-order valence-corrected chi connectivity index (χ0v) is 15.1. The first-order valence-corrected chi connectivity index (χ1v) is 8.88. The van der Waals surface area contributed by atoms with E-state index in [4.69, 9.17) is 8.94 Å². The second-order valence-corrected chi connectivity index (χ2v) is 6.74. The Kier molecular flexibility index (Phi) is 4.60. The Morgan fingerprint density at radius 1 is 1.23 bits per heavy atom. The number of aromatic nitrogens is 3. The van der Waals surface area contributed by atoms with Crippen molar-refractivity contribution in [2.24, 2.45) is 0 Å². The highest BCUT2D eigenvalue weighted by molar-refractivity contribution is 5.87. The first-order valence-electron chi connectivity index (χ1n) is 8.88. The Morgan fingerprint density at radius 2 is 2.12 bits per heavy atom. The number of aliphatic hydroxyl groups excluding tert-OH is 1. The summed E-state index contributed by atoms with van der Waals surface area (Å²) in [5.74, 6) is 2.73. The molecule has 1 aliphatic heterocycles. The van der Waals surface area contributed by atoms with E-state index >= 15 is 0 Å². The van der Waals surface area contributed by atoms with Crippen molar-refractivity contribution in [3.8, 4) is 0 Å². The molecule has 138 valence electrons. The van der Waals surface area contributed by atoms with Crippen molar-refractivity contribution in [1.29, 1.82) is 0 Å². The van der Waals surface area contributed by atoms with Crippen molar-refractivity contribution in [1.82, 2.24) is 20.0 Å². The molecule has 1 N–H and O–H groups in total. The minimum atomic E-state index is 0.150. The SMILES string of the molecule is Cc1ccc(CN2CCN(c3ncnc4onc(C)c34)C[C@H]2CCO)o1. The number of anilines is 1. The average molecular weight is 357 g/mol. The van der Waals surface area contributed by atoms with Gasteiger partial charge in [0.2, 0.25) is 0 Å². The van der Waals surface area contributed by atoms with Crippen molar-refractivity contribution < 1.29 is 14.0 Å². The fourth-order valence-corrected chi connectivity index (χ4v) is 3.63. The topological polar surface area (TPSA) is 91.7 Å². The van der Waals surface area contributed by atoms with Gasteiger partial charge in [0.05, 0.1) is 12.2 Å². The molecule has 3 aromatic heterocycles. The zero-order valence-electron chi connectivity index (χ0n) is 15.1. The number of rotatable bonds is 5. The molecule has 4 rings (SSSR count). The van der Waals surface area contributed by atoms with E-state index in [-0.39, 0.29) is 12.6 Å². The maximum absolute atomic E-state index is 9.53. The van der Waals surface area contributed by atoms with Gasteiger partial charge in [-0.2, -0.15) is 4.98 Å². The molecule has 4 heterocycles. The smallest absolute Gasteiger partial charge is 0.263 e. The first kappa shape index (κ1) is 17.0. The highest BCUT2D eigenvalue weighted by Crippen LogP contribution is 2.28. The summed E-state index contributed by atoms with van der Waals surface area (Å²) in [6, 6.07) is 4.22. The highest BCUT2D eigenvalue weighted by Gasteiger charge is 2.29. The predicted molar refractivity (Wildman–Crippen MR) is 95.9 cm³/mol. The molecule has 8 heteroatoms. The van der Waals surface area contributed by atoms with Crippen LogP contribution < -0.4 is 4.90 Å². The third-order valence-corrected chi connectivity index (χ3v) is 4.94. The molecular formula is C18H23N5O3. The minimum absolute atomic E-state index is 0.150. The van der Waals surface area contributed by atoms with E-state index < -0.39 is 0 Å². The second-order valence-electron chi connectivity index (χ2n) is 6.74. The lowest BCUT2D eigenvalue weighted by atomic mass is 10.1. The van der Waals surface area contributed by atoms with Crippen LogP contribution in [0.1, 0.15) is 23.6 Å². The predicted octanol–water partition coefficient (Wildman–Crippen LogP) is 1.90. The van der Waals surface area contributed by atoms with Crippen LogP contribution in [0.3, 0.4) is 0 Å². The van der Waals surface area contributed by atoms with Crippen molar-refractivity contribution in [3.05, 3.63) is 35.7 Å². The van der Waals surface area contributed by atoms with E-state index in [0.29, 0.717) is 12.1 Å². The lowest BCUT2D eigenvalue weighted by molar-refractivity contribution is 0.126. The van der Waals surface area contributed by atoms with Crippen molar-refractivity contribution >= 4 is 16.9 Å². The number of fused-ring (bicyclic) bond motifs is 1. The molecule has 0 amide bonds. The van der Waals surface area contributed by atoms with Gasteiger partial charge in [-0.15, -0.1) is 0 Å². The average Bonchev–Trinajstić information content (AvgIpc) is 3.22. The number of hydrogen-bond acceptors (Lipinski definition) is 8. The summed E-state index contributed by atoms with van der Waals surface area (Å²) < 4.78 is 11.0. The van der Waals surface area contributed by atoms with E-state index in [9.17, 15) is 5.11 Å². The highest BCUT2D eigenvalue weighted by atomic mass is 16.5. The van der Waals surface area contributed by atoms with Gasteiger partial charge < -0.3 is 18.9 Å². The minimum Gasteiger partial charge on any atom is -0.465 e. The van der Waals surface area contributed by atoms with Crippen LogP contribution in [0.4, 0.5) is 5.82 Å². The molecule has 1 fully saturated rings. The van der Waals surface area contributed by atoms with Gasteiger partial charge >= 0.3 is 0 Å². The van der Waals surface area contributed by atoms with E-state index in [2.05, 4.69) is 24.9 Å². The summed E-state index contributed by atoms with van der Waals surface area (Å²) in [5, 5.41) is 14.4. The van der Waals surface area contributed by atoms with Crippen LogP contribution in [-0.2, 0) is 6.54 Å². The van der Waals surface area contributed by atoms with Gasteiger partial charge in [0.25, 0.3) is 5.71 Å². The molecule has 0 aliphatic carbocycles. The molecule has 0 bridgehead atoms. The summed E-state index contributed by atoms with van der Waals surface area (Å²) in [6.45, 7) is 7.22. The molecule has 0 spiro atoms.